The lowest BCUT2D eigenvalue weighted by Gasteiger charge is -2.29. The number of rotatable bonds is 4. The summed E-state index contributed by atoms with van der Waals surface area (Å²) in [6, 6.07) is 3.43. The lowest BCUT2D eigenvalue weighted by Crippen LogP contribution is -2.34. The topological polar surface area (TPSA) is 64.8 Å². The van der Waals surface area contributed by atoms with E-state index in [0.29, 0.717) is 42.4 Å². The number of hydrogen-bond acceptors (Lipinski definition) is 5. The second-order valence-corrected chi connectivity index (χ2v) is 6.28. The van der Waals surface area contributed by atoms with Crippen LogP contribution in [0.4, 0.5) is 5.69 Å². The number of benzene rings is 1. The van der Waals surface area contributed by atoms with E-state index < -0.39 is 0 Å². The average molecular weight is 304 g/mol. The van der Waals surface area contributed by atoms with Gasteiger partial charge in [-0.15, -0.1) is 0 Å². The number of likely N-dealkylation sites (tertiary alicyclic amines) is 1. The van der Waals surface area contributed by atoms with Gasteiger partial charge in [0.1, 0.15) is 13.2 Å². The van der Waals surface area contributed by atoms with Gasteiger partial charge in [-0.1, -0.05) is 6.92 Å². The van der Waals surface area contributed by atoms with Gasteiger partial charge in [0.25, 0.3) is 0 Å². The first kappa shape index (κ1) is 15.2. The Morgan fingerprint density at radius 3 is 2.55 bits per heavy atom. The molecule has 0 bridgehead atoms. The normalized spacial score (nSPS) is 19.1. The monoisotopic (exact) mass is 304 g/mol. The first-order valence-corrected chi connectivity index (χ1v) is 8.08. The van der Waals surface area contributed by atoms with E-state index in [2.05, 4.69) is 11.8 Å². The number of piperidine rings is 1. The van der Waals surface area contributed by atoms with Crippen molar-refractivity contribution in [3.63, 3.8) is 0 Å². The van der Waals surface area contributed by atoms with E-state index in [1.54, 1.807) is 12.1 Å². The van der Waals surface area contributed by atoms with E-state index in [-0.39, 0.29) is 5.78 Å². The van der Waals surface area contributed by atoms with Gasteiger partial charge in [0.2, 0.25) is 0 Å². The molecule has 0 spiro atoms. The fourth-order valence-corrected chi connectivity index (χ4v) is 3.03. The lowest BCUT2D eigenvalue weighted by molar-refractivity contribution is 0.0952. The number of anilines is 1. The third-order valence-electron chi connectivity index (χ3n) is 4.55. The van der Waals surface area contributed by atoms with Crippen molar-refractivity contribution in [3.8, 4) is 11.5 Å². The molecule has 22 heavy (non-hydrogen) atoms. The van der Waals surface area contributed by atoms with E-state index in [9.17, 15) is 4.79 Å². The highest BCUT2D eigenvalue weighted by molar-refractivity contribution is 6.01. The molecule has 1 aromatic carbocycles. The Labute approximate surface area is 131 Å². The maximum atomic E-state index is 12.5. The zero-order valence-electron chi connectivity index (χ0n) is 13.1. The maximum absolute atomic E-state index is 12.5. The van der Waals surface area contributed by atoms with Gasteiger partial charge in [-0.3, -0.25) is 4.79 Å². The molecule has 0 radical (unpaired) electrons. The highest BCUT2D eigenvalue weighted by Crippen LogP contribution is 2.34. The number of carbonyl (C=O) groups is 1. The fraction of sp³-hybridized carbons (Fsp3) is 0.588. The van der Waals surface area contributed by atoms with Gasteiger partial charge in [-0.2, -0.15) is 0 Å². The van der Waals surface area contributed by atoms with Crippen molar-refractivity contribution in [1.29, 1.82) is 0 Å². The number of Topliss-reactive ketones (excluding diaryl/α,β-unsaturated/α-hetero) is 1. The summed E-state index contributed by atoms with van der Waals surface area (Å²) in [6.07, 6.45) is 2.94. The molecule has 120 valence electrons. The molecule has 1 saturated heterocycles. The number of ketones is 1. The molecule has 5 heteroatoms. The Kier molecular flexibility index (Phi) is 4.52. The van der Waals surface area contributed by atoms with Crippen LogP contribution in [0.1, 0.15) is 36.5 Å². The summed E-state index contributed by atoms with van der Waals surface area (Å²) in [4.78, 5) is 14.8. The van der Waals surface area contributed by atoms with Gasteiger partial charge in [0.15, 0.2) is 17.3 Å². The molecule has 0 atom stereocenters. The van der Waals surface area contributed by atoms with Crippen LogP contribution in [0, 0.1) is 5.92 Å². The molecule has 1 fully saturated rings. The third-order valence-corrected chi connectivity index (χ3v) is 4.55. The number of nitrogens with two attached hydrogens (primary N) is 1. The minimum Gasteiger partial charge on any atom is -0.486 e. The van der Waals surface area contributed by atoms with Crippen molar-refractivity contribution >= 4 is 11.5 Å². The van der Waals surface area contributed by atoms with E-state index in [1.807, 2.05) is 0 Å². The van der Waals surface area contributed by atoms with Crippen LogP contribution in [0.5, 0.6) is 11.5 Å². The van der Waals surface area contributed by atoms with Gasteiger partial charge >= 0.3 is 0 Å². The van der Waals surface area contributed by atoms with Gasteiger partial charge in [0.05, 0.1) is 0 Å². The minimum atomic E-state index is 0.0769. The summed E-state index contributed by atoms with van der Waals surface area (Å²) >= 11 is 0. The average Bonchev–Trinajstić information content (AvgIpc) is 2.53. The van der Waals surface area contributed by atoms with Crippen LogP contribution in [0.2, 0.25) is 0 Å². The standard InChI is InChI=1S/C17H24N2O3/c1-12-2-5-19(6-3-12)7-4-15(20)13-10-16-17(11-14(13)18)22-9-8-21-16/h10-12H,2-9,18H2,1H3. The first-order valence-electron chi connectivity index (χ1n) is 8.08. The van der Waals surface area contributed by atoms with E-state index >= 15 is 0 Å². The fourth-order valence-electron chi connectivity index (χ4n) is 3.03. The maximum Gasteiger partial charge on any atom is 0.166 e. The predicted octanol–water partition coefficient (Wildman–Crippen LogP) is 2.34. The summed E-state index contributed by atoms with van der Waals surface area (Å²) in [6.45, 7) is 6.30. The smallest absolute Gasteiger partial charge is 0.166 e. The van der Waals surface area contributed by atoms with Gasteiger partial charge < -0.3 is 20.1 Å². The van der Waals surface area contributed by atoms with Crippen LogP contribution >= 0.6 is 0 Å². The van der Waals surface area contributed by atoms with Crippen LogP contribution in [-0.2, 0) is 0 Å². The Morgan fingerprint density at radius 2 is 1.86 bits per heavy atom. The van der Waals surface area contributed by atoms with Crippen LogP contribution in [0.25, 0.3) is 0 Å². The molecule has 0 aliphatic carbocycles. The van der Waals surface area contributed by atoms with E-state index in [1.165, 1.54) is 12.8 Å². The highest BCUT2D eigenvalue weighted by Gasteiger charge is 2.20. The molecule has 2 heterocycles. The summed E-state index contributed by atoms with van der Waals surface area (Å²) in [5.74, 6) is 2.13. The second-order valence-electron chi connectivity index (χ2n) is 6.28. The number of hydrogen-bond donors (Lipinski definition) is 1. The Balaban J connectivity index is 1.62. The number of nitrogens with zero attached hydrogens (tertiary/aromatic N) is 1. The minimum absolute atomic E-state index is 0.0769. The van der Waals surface area contributed by atoms with Crippen molar-refractivity contribution in [2.24, 2.45) is 5.92 Å². The van der Waals surface area contributed by atoms with Crippen molar-refractivity contribution in [1.82, 2.24) is 4.90 Å². The summed E-state index contributed by atoms with van der Waals surface area (Å²) in [5.41, 5.74) is 7.03. The highest BCUT2D eigenvalue weighted by atomic mass is 16.6. The summed E-state index contributed by atoms with van der Waals surface area (Å²) in [5, 5.41) is 0. The molecule has 0 amide bonds. The third kappa shape index (κ3) is 3.35. The molecular weight excluding hydrogens is 280 g/mol. The molecule has 0 saturated carbocycles. The quantitative estimate of drug-likeness (QED) is 0.683. The molecule has 0 unspecified atom stereocenters. The number of carbonyl (C=O) groups excluding carboxylic acids is 1. The SMILES string of the molecule is CC1CCN(CCC(=O)c2cc3c(cc2N)OCCO3)CC1. The molecule has 0 aromatic heterocycles. The predicted molar refractivity (Wildman–Crippen MR) is 85.6 cm³/mol. The van der Waals surface area contributed by atoms with Crippen LogP contribution in [-0.4, -0.2) is 43.5 Å². The Hall–Kier alpha value is -1.75. The van der Waals surface area contributed by atoms with Crippen molar-refractivity contribution < 1.29 is 14.3 Å². The molecular formula is C17H24N2O3. The number of fused-ring (bicyclic) bond motifs is 1. The Morgan fingerprint density at radius 1 is 1.23 bits per heavy atom. The number of ether oxygens (including phenoxy) is 2. The zero-order chi connectivity index (χ0) is 15.5. The largest absolute Gasteiger partial charge is 0.486 e. The van der Waals surface area contributed by atoms with Crippen LogP contribution in [0.15, 0.2) is 12.1 Å². The number of nitrogen functional groups attached to an aromatic ring is 1. The molecule has 3 rings (SSSR count). The molecule has 2 aliphatic rings. The summed E-state index contributed by atoms with van der Waals surface area (Å²) in [7, 11) is 0. The van der Waals surface area contributed by atoms with Gasteiger partial charge in [-0.25, -0.2) is 0 Å². The van der Waals surface area contributed by atoms with Gasteiger partial charge in [0, 0.05) is 30.3 Å². The second kappa shape index (κ2) is 6.57. The van der Waals surface area contributed by atoms with E-state index in [4.69, 9.17) is 15.2 Å². The molecule has 2 aliphatic heterocycles. The lowest BCUT2D eigenvalue weighted by atomic mass is 9.98. The molecule has 2 N–H and O–H groups in total. The molecule has 5 nitrogen and oxygen atoms in total. The van der Waals surface area contributed by atoms with E-state index in [0.717, 1.165) is 25.6 Å². The van der Waals surface area contributed by atoms with Crippen LogP contribution < -0.4 is 15.2 Å². The van der Waals surface area contributed by atoms with Crippen molar-refractivity contribution in [2.45, 2.75) is 26.2 Å². The first-order chi connectivity index (χ1) is 10.6. The Bertz CT molecular complexity index is 551. The van der Waals surface area contributed by atoms with Crippen molar-refractivity contribution in [3.05, 3.63) is 17.7 Å². The van der Waals surface area contributed by atoms with Gasteiger partial charge in [-0.05, 0) is 37.9 Å². The molecule has 1 aromatic rings. The summed E-state index contributed by atoms with van der Waals surface area (Å²) < 4.78 is 11.0. The van der Waals surface area contributed by atoms with Crippen molar-refractivity contribution in [2.75, 3.05) is 38.6 Å². The van der Waals surface area contributed by atoms with Crippen LogP contribution in [0.3, 0.4) is 0 Å². The zero-order valence-corrected chi connectivity index (χ0v) is 13.1.